The number of rotatable bonds is 4. The molecule has 7 nitrogen and oxygen atoms in total. The third kappa shape index (κ3) is 3.05. The molecule has 2 aromatic heterocycles. The first-order valence-electron chi connectivity index (χ1n) is 8.10. The molecule has 0 atom stereocenters. The van der Waals surface area contributed by atoms with Crippen molar-refractivity contribution in [3.05, 3.63) is 59.4 Å². The van der Waals surface area contributed by atoms with Crippen LogP contribution in [0.5, 0.6) is 0 Å². The number of aromatic nitrogens is 4. The second kappa shape index (κ2) is 7.15. The third-order valence-electron chi connectivity index (χ3n) is 3.97. The molecule has 0 N–H and O–H groups in total. The van der Waals surface area contributed by atoms with Gasteiger partial charge in [-0.2, -0.15) is 10.4 Å². The Bertz CT molecular complexity index is 1000. The lowest BCUT2D eigenvalue weighted by atomic mass is 9.93. The molecule has 1 aromatic carbocycles. The summed E-state index contributed by atoms with van der Waals surface area (Å²) >= 11 is 0. The molecule has 0 saturated heterocycles. The molecule has 2 heterocycles. The van der Waals surface area contributed by atoms with E-state index >= 15 is 0 Å². The lowest BCUT2D eigenvalue weighted by molar-refractivity contribution is 0.0526. The van der Waals surface area contributed by atoms with E-state index in [0.29, 0.717) is 33.6 Å². The second-order valence-corrected chi connectivity index (χ2v) is 5.63. The summed E-state index contributed by atoms with van der Waals surface area (Å²) in [5.74, 6) is -0.491. The summed E-state index contributed by atoms with van der Waals surface area (Å²) in [5.41, 5.74) is 3.77. The topological polar surface area (TPSA) is 93.7 Å². The highest BCUT2D eigenvalue weighted by Crippen LogP contribution is 2.32. The zero-order chi connectivity index (χ0) is 18.7. The molecule has 7 heteroatoms. The van der Waals surface area contributed by atoms with Crippen molar-refractivity contribution in [1.82, 2.24) is 19.7 Å². The molecule has 3 aromatic rings. The maximum absolute atomic E-state index is 12.6. The molecule has 0 saturated carbocycles. The number of nitrogens with zero attached hydrogens (tertiary/aromatic N) is 5. The maximum Gasteiger partial charge on any atom is 0.340 e. The van der Waals surface area contributed by atoms with Gasteiger partial charge in [-0.05, 0) is 38.5 Å². The SMILES string of the molecule is CCOC(=O)c1c(C)nc(C)c(C#N)c1-c1cccc(-n2cncn2)c1. The Kier molecular flexibility index (Phi) is 4.76. The zero-order valence-corrected chi connectivity index (χ0v) is 14.7. The van der Waals surface area contributed by atoms with Crippen molar-refractivity contribution in [1.29, 1.82) is 5.26 Å². The Balaban J connectivity index is 2.28. The molecule has 26 heavy (non-hydrogen) atoms. The van der Waals surface area contributed by atoms with Crippen molar-refractivity contribution in [3.8, 4) is 22.9 Å². The Labute approximate surface area is 150 Å². The van der Waals surface area contributed by atoms with Crippen LogP contribution in [0.1, 0.15) is 34.2 Å². The van der Waals surface area contributed by atoms with E-state index in [9.17, 15) is 10.1 Å². The number of esters is 1. The van der Waals surface area contributed by atoms with Gasteiger partial charge in [0.25, 0.3) is 0 Å². The molecule has 0 amide bonds. The summed E-state index contributed by atoms with van der Waals surface area (Å²) < 4.78 is 6.81. The largest absolute Gasteiger partial charge is 0.462 e. The molecule has 3 rings (SSSR count). The summed E-state index contributed by atoms with van der Waals surface area (Å²) in [6.07, 6.45) is 3.03. The Hall–Kier alpha value is -3.53. The number of hydrogen-bond acceptors (Lipinski definition) is 6. The lowest BCUT2D eigenvalue weighted by Gasteiger charge is -2.15. The van der Waals surface area contributed by atoms with Gasteiger partial charge < -0.3 is 4.74 Å². The molecule has 0 aliphatic rings. The Morgan fingerprint density at radius 1 is 1.31 bits per heavy atom. The van der Waals surface area contributed by atoms with Gasteiger partial charge in [0.15, 0.2) is 0 Å². The highest BCUT2D eigenvalue weighted by Gasteiger charge is 2.23. The van der Waals surface area contributed by atoms with Crippen LogP contribution in [0.25, 0.3) is 16.8 Å². The molecule has 0 radical (unpaired) electrons. The quantitative estimate of drug-likeness (QED) is 0.674. The number of hydrogen-bond donors (Lipinski definition) is 0. The van der Waals surface area contributed by atoms with E-state index in [4.69, 9.17) is 4.74 Å². The minimum Gasteiger partial charge on any atom is -0.462 e. The van der Waals surface area contributed by atoms with E-state index < -0.39 is 5.97 Å². The van der Waals surface area contributed by atoms with Crippen LogP contribution >= 0.6 is 0 Å². The van der Waals surface area contributed by atoms with Crippen molar-refractivity contribution < 1.29 is 9.53 Å². The standard InChI is InChI=1S/C19H17N5O2/c1-4-26-19(25)17-13(3)23-12(2)16(9-20)18(17)14-6-5-7-15(8-14)24-11-21-10-22-24/h5-8,10-11H,4H2,1-3H3. The second-order valence-electron chi connectivity index (χ2n) is 5.63. The summed E-state index contributed by atoms with van der Waals surface area (Å²) in [5, 5.41) is 13.8. The summed E-state index contributed by atoms with van der Waals surface area (Å²) in [7, 11) is 0. The number of nitriles is 1. The van der Waals surface area contributed by atoms with Crippen LogP contribution in [0.15, 0.2) is 36.9 Å². The first-order chi connectivity index (χ1) is 12.6. The van der Waals surface area contributed by atoms with Crippen LogP contribution in [0.2, 0.25) is 0 Å². The monoisotopic (exact) mass is 347 g/mol. The number of ether oxygens (including phenoxy) is 1. The van der Waals surface area contributed by atoms with Crippen molar-refractivity contribution in [3.63, 3.8) is 0 Å². The van der Waals surface area contributed by atoms with Crippen LogP contribution < -0.4 is 0 Å². The zero-order valence-electron chi connectivity index (χ0n) is 14.7. The van der Waals surface area contributed by atoms with Crippen LogP contribution in [-0.4, -0.2) is 32.3 Å². The van der Waals surface area contributed by atoms with Gasteiger partial charge in [0.05, 0.1) is 34.8 Å². The number of pyridine rings is 1. The number of carbonyl (C=O) groups is 1. The van der Waals surface area contributed by atoms with Crippen molar-refractivity contribution in [2.24, 2.45) is 0 Å². The first-order valence-corrected chi connectivity index (χ1v) is 8.10. The maximum atomic E-state index is 12.6. The fourth-order valence-corrected chi connectivity index (χ4v) is 2.87. The molecule has 0 bridgehead atoms. The van der Waals surface area contributed by atoms with Gasteiger partial charge in [-0.3, -0.25) is 4.98 Å². The third-order valence-corrected chi connectivity index (χ3v) is 3.97. The fraction of sp³-hybridized carbons (Fsp3) is 0.211. The molecule has 0 unspecified atom stereocenters. The Morgan fingerprint density at radius 3 is 2.77 bits per heavy atom. The normalized spacial score (nSPS) is 10.4. The number of aryl methyl sites for hydroxylation is 2. The van der Waals surface area contributed by atoms with Crippen LogP contribution in [0.4, 0.5) is 0 Å². The molecule has 0 aliphatic carbocycles. The summed E-state index contributed by atoms with van der Waals surface area (Å²) in [4.78, 5) is 20.9. The molecular formula is C19H17N5O2. The van der Waals surface area contributed by atoms with Gasteiger partial charge in [-0.25, -0.2) is 14.5 Å². The van der Waals surface area contributed by atoms with E-state index in [1.165, 1.54) is 6.33 Å². The molecule has 0 fully saturated rings. The van der Waals surface area contributed by atoms with E-state index in [-0.39, 0.29) is 6.61 Å². The molecular weight excluding hydrogens is 330 g/mol. The van der Waals surface area contributed by atoms with Crippen molar-refractivity contribution in [2.45, 2.75) is 20.8 Å². The average Bonchev–Trinajstić information content (AvgIpc) is 3.16. The number of carbonyl (C=O) groups excluding carboxylic acids is 1. The van der Waals surface area contributed by atoms with Gasteiger partial charge in [-0.15, -0.1) is 0 Å². The molecule has 0 aliphatic heterocycles. The fourth-order valence-electron chi connectivity index (χ4n) is 2.87. The average molecular weight is 347 g/mol. The van der Waals surface area contributed by atoms with E-state index in [1.807, 2.05) is 24.3 Å². The van der Waals surface area contributed by atoms with E-state index in [1.54, 1.807) is 31.8 Å². The lowest BCUT2D eigenvalue weighted by Crippen LogP contribution is -2.13. The van der Waals surface area contributed by atoms with Crippen LogP contribution in [-0.2, 0) is 4.74 Å². The Morgan fingerprint density at radius 2 is 2.12 bits per heavy atom. The predicted octanol–water partition coefficient (Wildman–Crippen LogP) is 2.99. The molecule has 0 spiro atoms. The van der Waals surface area contributed by atoms with Crippen LogP contribution in [0, 0.1) is 25.2 Å². The minimum absolute atomic E-state index is 0.243. The summed E-state index contributed by atoms with van der Waals surface area (Å²) in [6, 6.07) is 9.59. The summed E-state index contributed by atoms with van der Waals surface area (Å²) in [6.45, 7) is 5.48. The molecule has 130 valence electrons. The highest BCUT2D eigenvalue weighted by atomic mass is 16.5. The highest BCUT2D eigenvalue weighted by molar-refractivity contribution is 6.00. The predicted molar refractivity (Wildman–Crippen MR) is 94.7 cm³/mol. The first kappa shape index (κ1) is 17.3. The number of benzene rings is 1. The van der Waals surface area contributed by atoms with Crippen molar-refractivity contribution >= 4 is 5.97 Å². The van der Waals surface area contributed by atoms with Gasteiger partial charge in [0.2, 0.25) is 0 Å². The van der Waals surface area contributed by atoms with Crippen LogP contribution in [0.3, 0.4) is 0 Å². The van der Waals surface area contributed by atoms with Gasteiger partial charge in [0.1, 0.15) is 18.7 Å². The van der Waals surface area contributed by atoms with Gasteiger partial charge in [0, 0.05) is 5.56 Å². The van der Waals surface area contributed by atoms with E-state index in [2.05, 4.69) is 21.1 Å². The van der Waals surface area contributed by atoms with E-state index in [0.717, 1.165) is 5.69 Å². The van der Waals surface area contributed by atoms with Gasteiger partial charge in [-0.1, -0.05) is 12.1 Å². The van der Waals surface area contributed by atoms with Crippen molar-refractivity contribution in [2.75, 3.05) is 6.61 Å². The smallest absolute Gasteiger partial charge is 0.340 e. The van der Waals surface area contributed by atoms with Gasteiger partial charge >= 0.3 is 5.97 Å². The minimum atomic E-state index is -0.491.